The summed E-state index contributed by atoms with van der Waals surface area (Å²) in [7, 11) is 0. The molecule has 0 fully saturated rings. The summed E-state index contributed by atoms with van der Waals surface area (Å²) in [6.07, 6.45) is 1.25. The van der Waals surface area contributed by atoms with Crippen LogP contribution in [0.3, 0.4) is 0 Å². The fourth-order valence-corrected chi connectivity index (χ4v) is 3.93. The molecule has 0 saturated carbocycles. The lowest BCUT2D eigenvalue weighted by molar-refractivity contribution is -0.128. The largest absolute Gasteiger partial charge is 0.392 e. The highest BCUT2D eigenvalue weighted by Crippen LogP contribution is 2.30. The van der Waals surface area contributed by atoms with Crippen molar-refractivity contribution >= 4 is 34.5 Å². The van der Waals surface area contributed by atoms with Crippen LogP contribution in [0.4, 0.5) is 0 Å². The summed E-state index contributed by atoms with van der Waals surface area (Å²) in [5.41, 5.74) is 6.25. The minimum absolute atomic E-state index is 0.0284. The standard InChI is InChI=1S/C15H24N2OS2/c1-6-15(7-2,13(16)19)14(18)17-10(4)12-8-9(3)20-11(12)5/h8,10H,6-7H2,1-5H3,(H2,16,19)(H,17,18). The van der Waals surface area contributed by atoms with Crippen LogP contribution in [0, 0.1) is 19.3 Å². The number of nitrogens with one attached hydrogen (secondary N) is 1. The number of rotatable bonds is 6. The highest BCUT2D eigenvalue weighted by atomic mass is 32.1. The van der Waals surface area contributed by atoms with Gasteiger partial charge in [0, 0.05) is 9.75 Å². The van der Waals surface area contributed by atoms with Crippen LogP contribution in [0.1, 0.15) is 55.0 Å². The molecule has 1 amide bonds. The normalized spacial score (nSPS) is 13.1. The molecule has 1 unspecified atom stereocenters. The van der Waals surface area contributed by atoms with E-state index in [-0.39, 0.29) is 16.9 Å². The smallest absolute Gasteiger partial charge is 0.233 e. The van der Waals surface area contributed by atoms with E-state index in [2.05, 4.69) is 25.2 Å². The van der Waals surface area contributed by atoms with Crippen molar-refractivity contribution in [2.24, 2.45) is 11.1 Å². The van der Waals surface area contributed by atoms with Crippen LogP contribution in [-0.4, -0.2) is 10.9 Å². The van der Waals surface area contributed by atoms with Crippen molar-refractivity contribution in [1.82, 2.24) is 5.32 Å². The first-order valence-corrected chi connectivity index (χ1v) is 8.18. The van der Waals surface area contributed by atoms with E-state index in [9.17, 15) is 4.79 Å². The number of nitrogens with two attached hydrogens (primary N) is 1. The van der Waals surface area contributed by atoms with Gasteiger partial charge in [-0.2, -0.15) is 0 Å². The average molecular weight is 313 g/mol. The number of thiophene rings is 1. The van der Waals surface area contributed by atoms with Crippen LogP contribution < -0.4 is 11.1 Å². The zero-order valence-electron chi connectivity index (χ0n) is 12.9. The van der Waals surface area contributed by atoms with Crippen LogP contribution >= 0.6 is 23.6 Å². The summed E-state index contributed by atoms with van der Waals surface area (Å²) in [6, 6.07) is 2.10. The fraction of sp³-hybridized carbons (Fsp3) is 0.600. The first kappa shape index (κ1) is 17.1. The van der Waals surface area contributed by atoms with Crippen molar-refractivity contribution in [2.45, 2.75) is 53.5 Å². The molecule has 1 rings (SSSR count). The van der Waals surface area contributed by atoms with E-state index in [0.29, 0.717) is 12.8 Å². The Balaban J connectivity index is 2.94. The third-order valence-electron chi connectivity index (χ3n) is 4.01. The Morgan fingerprint density at radius 1 is 1.45 bits per heavy atom. The van der Waals surface area contributed by atoms with Crippen LogP contribution in [0.5, 0.6) is 0 Å². The van der Waals surface area contributed by atoms with Gasteiger partial charge in [0.1, 0.15) is 0 Å². The Kier molecular flexibility index (Phi) is 5.71. The summed E-state index contributed by atoms with van der Waals surface area (Å²) in [5.74, 6) is -0.0641. The Hall–Kier alpha value is -0.940. The number of aryl methyl sites for hydroxylation is 2. The number of hydrogen-bond acceptors (Lipinski definition) is 3. The van der Waals surface area contributed by atoms with E-state index >= 15 is 0 Å². The van der Waals surface area contributed by atoms with Gasteiger partial charge in [0.25, 0.3) is 0 Å². The first-order valence-electron chi connectivity index (χ1n) is 6.96. The number of thiocarbonyl (C=S) groups is 1. The second-order valence-corrected chi connectivity index (χ2v) is 7.12. The van der Waals surface area contributed by atoms with E-state index in [1.165, 1.54) is 15.3 Å². The maximum absolute atomic E-state index is 12.6. The second kappa shape index (κ2) is 6.68. The van der Waals surface area contributed by atoms with E-state index in [1.54, 1.807) is 11.3 Å². The highest BCUT2D eigenvalue weighted by molar-refractivity contribution is 7.80. The van der Waals surface area contributed by atoms with Gasteiger partial charge in [-0.25, -0.2) is 0 Å². The Morgan fingerprint density at radius 3 is 2.35 bits per heavy atom. The molecule has 1 atom stereocenters. The molecule has 0 radical (unpaired) electrons. The van der Waals surface area contributed by atoms with Crippen molar-refractivity contribution in [3.63, 3.8) is 0 Å². The molecule has 1 aromatic rings. The summed E-state index contributed by atoms with van der Waals surface area (Å²) < 4.78 is 0. The molecule has 5 heteroatoms. The molecule has 20 heavy (non-hydrogen) atoms. The lowest BCUT2D eigenvalue weighted by atomic mass is 9.81. The van der Waals surface area contributed by atoms with Gasteiger partial charge in [0.15, 0.2) is 0 Å². The van der Waals surface area contributed by atoms with Crippen molar-refractivity contribution in [2.75, 3.05) is 0 Å². The molecule has 3 nitrogen and oxygen atoms in total. The second-order valence-electron chi connectivity index (χ2n) is 5.22. The van der Waals surface area contributed by atoms with Crippen molar-refractivity contribution in [3.05, 3.63) is 21.4 Å². The Bertz CT molecular complexity index is 504. The van der Waals surface area contributed by atoms with Crippen molar-refractivity contribution < 1.29 is 4.79 Å². The number of carbonyl (C=O) groups is 1. The fourth-order valence-electron chi connectivity index (χ4n) is 2.52. The minimum Gasteiger partial charge on any atom is -0.392 e. The molecule has 0 aliphatic carbocycles. The third-order valence-corrected chi connectivity index (χ3v) is 5.38. The molecule has 0 aromatic carbocycles. The average Bonchev–Trinajstić information content (AvgIpc) is 2.70. The van der Waals surface area contributed by atoms with Crippen molar-refractivity contribution in [3.8, 4) is 0 Å². The zero-order chi connectivity index (χ0) is 15.5. The molecule has 0 spiro atoms. The summed E-state index contributed by atoms with van der Waals surface area (Å²) in [4.78, 5) is 15.4. The van der Waals surface area contributed by atoms with E-state index in [1.807, 2.05) is 20.8 Å². The number of carbonyl (C=O) groups excluding carboxylic acids is 1. The van der Waals surface area contributed by atoms with Gasteiger partial charge >= 0.3 is 0 Å². The summed E-state index contributed by atoms with van der Waals surface area (Å²) >= 11 is 6.87. The monoisotopic (exact) mass is 312 g/mol. The van der Waals surface area contributed by atoms with Gasteiger partial charge in [-0.1, -0.05) is 26.1 Å². The summed E-state index contributed by atoms with van der Waals surface area (Å²) in [5, 5.41) is 3.07. The van der Waals surface area contributed by atoms with Crippen LogP contribution in [0.15, 0.2) is 6.07 Å². The molecule has 0 saturated heterocycles. The minimum atomic E-state index is -0.734. The first-order chi connectivity index (χ1) is 9.28. The molecule has 3 N–H and O–H groups in total. The van der Waals surface area contributed by atoms with Gasteiger partial charge in [-0.15, -0.1) is 11.3 Å². The third kappa shape index (κ3) is 3.20. The van der Waals surface area contributed by atoms with Gasteiger partial charge in [-0.3, -0.25) is 4.79 Å². The van der Waals surface area contributed by atoms with Gasteiger partial charge in [0.05, 0.1) is 16.4 Å². The van der Waals surface area contributed by atoms with Gasteiger partial charge < -0.3 is 11.1 Å². The lowest BCUT2D eigenvalue weighted by Crippen LogP contribution is -2.48. The molecule has 0 bridgehead atoms. The summed E-state index contributed by atoms with van der Waals surface area (Å²) in [6.45, 7) is 10.1. The van der Waals surface area contributed by atoms with Crippen LogP contribution in [0.25, 0.3) is 0 Å². The quantitative estimate of drug-likeness (QED) is 0.789. The maximum atomic E-state index is 12.6. The predicted octanol–water partition coefficient (Wildman–Crippen LogP) is 3.63. The molecule has 1 heterocycles. The molecular weight excluding hydrogens is 288 g/mol. The van der Waals surface area contributed by atoms with Crippen LogP contribution in [-0.2, 0) is 4.79 Å². The SMILES string of the molecule is CCC(CC)(C(=O)NC(C)c1cc(C)sc1C)C(N)=S. The molecule has 112 valence electrons. The molecule has 0 aliphatic heterocycles. The number of hydrogen-bond donors (Lipinski definition) is 2. The van der Waals surface area contributed by atoms with E-state index in [4.69, 9.17) is 18.0 Å². The molecule has 1 aromatic heterocycles. The Labute approximate surface area is 130 Å². The zero-order valence-corrected chi connectivity index (χ0v) is 14.5. The molecule has 0 aliphatic rings. The highest BCUT2D eigenvalue weighted by Gasteiger charge is 2.38. The predicted molar refractivity (Wildman–Crippen MR) is 90.2 cm³/mol. The topological polar surface area (TPSA) is 55.1 Å². The Morgan fingerprint density at radius 2 is 2.00 bits per heavy atom. The van der Waals surface area contributed by atoms with E-state index < -0.39 is 5.41 Å². The van der Waals surface area contributed by atoms with Gasteiger partial charge in [-0.05, 0) is 45.2 Å². The molecular formula is C15H24N2OS2. The number of amides is 1. The van der Waals surface area contributed by atoms with Gasteiger partial charge in [0.2, 0.25) is 5.91 Å². The van der Waals surface area contributed by atoms with Crippen LogP contribution in [0.2, 0.25) is 0 Å². The maximum Gasteiger partial charge on any atom is 0.233 e. The van der Waals surface area contributed by atoms with E-state index in [0.717, 1.165) is 0 Å². The lowest BCUT2D eigenvalue weighted by Gasteiger charge is -2.30. The van der Waals surface area contributed by atoms with Crippen molar-refractivity contribution in [1.29, 1.82) is 0 Å².